The summed E-state index contributed by atoms with van der Waals surface area (Å²) in [6, 6.07) is 11.3. The van der Waals surface area contributed by atoms with Crippen LogP contribution in [-0.2, 0) is 9.59 Å². The Labute approximate surface area is 195 Å². The van der Waals surface area contributed by atoms with E-state index in [9.17, 15) is 22.8 Å². The zero-order chi connectivity index (χ0) is 23.6. The summed E-state index contributed by atoms with van der Waals surface area (Å²) in [6.45, 7) is 1.95. The number of amides is 2. The molecular formula is C21H18F3N5O2S2. The number of aromatic nitrogens is 2. The molecule has 0 bridgehead atoms. The van der Waals surface area contributed by atoms with Gasteiger partial charge in [0.25, 0.3) is 0 Å². The van der Waals surface area contributed by atoms with Gasteiger partial charge in [0.1, 0.15) is 6.04 Å². The minimum atomic E-state index is -4.78. The number of hydrogen-bond acceptors (Lipinski definition) is 7. The van der Waals surface area contributed by atoms with Crippen molar-refractivity contribution in [3.8, 4) is 0 Å². The Morgan fingerprint density at radius 3 is 2.79 bits per heavy atom. The molecule has 1 aliphatic heterocycles. The number of para-hydroxylation sites is 2. The Morgan fingerprint density at radius 1 is 1.24 bits per heavy atom. The number of carbonyl (C=O) groups excluding carboxylic acids is 2. The number of carbonyl (C=O) groups is 2. The largest absolute Gasteiger partial charge is 0.409 e. The van der Waals surface area contributed by atoms with E-state index in [1.807, 2.05) is 31.2 Å². The Bertz CT molecular complexity index is 1180. The van der Waals surface area contributed by atoms with Crippen LogP contribution in [-0.4, -0.2) is 40.0 Å². The third-order valence-electron chi connectivity index (χ3n) is 4.77. The summed E-state index contributed by atoms with van der Waals surface area (Å²) in [4.78, 5) is 25.7. The molecule has 4 rings (SSSR count). The maximum Gasteiger partial charge on any atom is 0.409 e. The van der Waals surface area contributed by atoms with Crippen molar-refractivity contribution in [2.45, 2.75) is 29.9 Å². The summed E-state index contributed by atoms with van der Waals surface area (Å²) in [7, 11) is 0. The normalized spacial score (nSPS) is 16.1. The lowest BCUT2D eigenvalue weighted by atomic mass is 10.1. The molecule has 33 heavy (non-hydrogen) atoms. The summed E-state index contributed by atoms with van der Waals surface area (Å²) >= 11 is 2.18. The lowest BCUT2D eigenvalue weighted by Crippen LogP contribution is -2.50. The molecule has 3 aromatic rings. The number of rotatable bonds is 5. The van der Waals surface area contributed by atoms with E-state index in [0.717, 1.165) is 23.0 Å². The molecule has 0 aliphatic carbocycles. The van der Waals surface area contributed by atoms with Crippen LogP contribution in [0, 0.1) is 6.92 Å². The molecule has 172 valence electrons. The molecule has 0 spiro atoms. The number of thioether (sulfide) groups is 1. The monoisotopic (exact) mass is 493 g/mol. The predicted molar refractivity (Wildman–Crippen MR) is 122 cm³/mol. The first-order valence-electron chi connectivity index (χ1n) is 9.78. The van der Waals surface area contributed by atoms with Gasteiger partial charge in [0.05, 0.1) is 23.5 Å². The molecular weight excluding hydrogens is 475 g/mol. The van der Waals surface area contributed by atoms with Crippen LogP contribution in [0.25, 0.3) is 0 Å². The smallest absolute Gasteiger partial charge is 0.330 e. The molecule has 1 aliphatic rings. The number of anilines is 4. The van der Waals surface area contributed by atoms with Crippen molar-refractivity contribution in [2.24, 2.45) is 0 Å². The number of benzene rings is 2. The fourth-order valence-corrected chi connectivity index (χ4v) is 4.99. The fourth-order valence-electron chi connectivity index (χ4n) is 3.35. The molecule has 2 N–H and O–H groups in total. The van der Waals surface area contributed by atoms with Crippen LogP contribution in [0.4, 0.5) is 35.4 Å². The van der Waals surface area contributed by atoms with E-state index in [-0.39, 0.29) is 17.1 Å². The zero-order valence-electron chi connectivity index (χ0n) is 17.2. The third kappa shape index (κ3) is 5.45. The standard InChI is InChI=1S/C21H18F3N5O2S2/c1-12-5-4-6-13(9-12)25-19-27-28-20(33-19)32-11-18(31)29-15-8-3-2-7-14(15)26-17(30)10-16(29)21(22,23)24/h2-9,16H,10-11H2,1H3,(H,25,27)(H,26,30). The molecule has 0 saturated carbocycles. The van der Waals surface area contributed by atoms with Gasteiger partial charge in [-0.15, -0.1) is 10.2 Å². The zero-order valence-corrected chi connectivity index (χ0v) is 18.9. The van der Waals surface area contributed by atoms with E-state index in [4.69, 9.17) is 0 Å². The number of alkyl halides is 3. The van der Waals surface area contributed by atoms with Crippen LogP contribution in [0.5, 0.6) is 0 Å². The second-order valence-corrected chi connectivity index (χ2v) is 9.45. The summed E-state index contributed by atoms with van der Waals surface area (Å²) in [6.07, 6.45) is -5.65. The Hall–Kier alpha value is -3.12. The van der Waals surface area contributed by atoms with Crippen molar-refractivity contribution < 1.29 is 22.8 Å². The molecule has 2 amide bonds. The van der Waals surface area contributed by atoms with Crippen molar-refractivity contribution in [2.75, 3.05) is 21.3 Å². The predicted octanol–water partition coefficient (Wildman–Crippen LogP) is 4.99. The van der Waals surface area contributed by atoms with Gasteiger partial charge in [-0.25, -0.2) is 0 Å². The molecule has 12 heteroatoms. The lowest BCUT2D eigenvalue weighted by molar-refractivity contribution is -0.157. The number of nitrogens with one attached hydrogen (secondary N) is 2. The van der Waals surface area contributed by atoms with Crippen molar-refractivity contribution in [3.05, 3.63) is 54.1 Å². The van der Waals surface area contributed by atoms with Gasteiger partial charge in [0, 0.05) is 5.69 Å². The molecule has 1 unspecified atom stereocenters. The van der Waals surface area contributed by atoms with Gasteiger partial charge in [-0.1, -0.05) is 47.4 Å². The van der Waals surface area contributed by atoms with Crippen molar-refractivity contribution >= 4 is 57.1 Å². The molecule has 2 aromatic carbocycles. The highest BCUT2D eigenvalue weighted by molar-refractivity contribution is 8.01. The number of aryl methyl sites for hydroxylation is 1. The van der Waals surface area contributed by atoms with Crippen molar-refractivity contribution in [1.29, 1.82) is 0 Å². The van der Waals surface area contributed by atoms with E-state index < -0.39 is 30.5 Å². The molecule has 0 radical (unpaired) electrons. The summed E-state index contributed by atoms with van der Waals surface area (Å²) in [5, 5.41) is 14.1. The highest BCUT2D eigenvalue weighted by atomic mass is 32.2. The molecule has 0 fully saturated rings. The average Bonchev–Trinajstić information content (AvgIpc) is 3.12. The molecule has 1 aromatic heterocycles. The molecule has 0 saturated heterocycles. The fraction of sp³-hybridized carbons (Fsp3) is 0.238. The van der Waals surface area contributed by atoms with Gasteiger partial charge in [-0.3, -0.25) is 14.5 Å². The van der Waals surface area contributed by atoms with Crippen LogP contribution in [0.1, 0.15) is 12.0 Å². The Balaban J connectivity index is 1.51. The van der Waals surface area contributed by atoms with Crippen LogP contribution >= 0.6 is 23.1 Å². The van der Waals surface area contributed by atoms with E-state index >= 15 is 0 Å². The highest BCUT2D eigenvalue weighted by Crippen LogP contribution is 2.38. The van der Waals surface area contributed by atoms with Crippen molar-refractivity contribution in [3.63, 3.8) is 0 Å². The quantitative estimate of drug-likeness (QED) is 0.487. The second-order valence-electron chi connectivity index (χ2n) is 7.25. The van der Waals surface area contributed by atoms with Gasteiger partial charge >= 0.3 is 6.18 Å². The SMILES string of the molecule is Cc1cccc(Nc2nnc(SCC(=O)N3c4ccccc4NC(=O)CC3C(F)(F)F)s2)c1. The Morgan fingerprint density at radius 2 is 2.03 bits per heavy atom. The average molecular weight is 494 g/mol. The minimum absolute atomic E-state index is 0.00958. The van der Waals surface area contributed by atoms with E-state index in [0.29, 0.717) is 14.4 Å². The number of nitrogens with zero attached hydrogens (tertiary/aromatic N) is 3. The summed E-state index contributed by atoms with van der Waals surface area (Å²) in [5.74, 6) is -1.88. The van der Waals surface area contributed by atoms with Crippen LogP contribution in [0.3, 0.4) is 0 Å². The van der Waals surface area contributed by atoms with E-state index in [2.05, 4.69) is 20.8 Å². The van der Waals surface area contributed by atoms with Gasteiger partial charge in [0.2, 0.25) is 16.9 Å². The molecule has 7 nitrogen and oxygen atoms in total. The molecule has 1 atom stereocenters. The van der Waals surface area contributed by atoms with Gasteiger partial charge in [-0.2, -0.15) is 13.2 Å². The first-order valence-corrected chi connectivity index (χ1v) is 11.6. The topological polar surface area (TPSA) is 87.2 Å². The second kappa shape index (κ2) is 9.40. The van der Waals surface area contributed by atoms with Crippen LogP contribution < -0.4 is 15.5 Å². The number of hydrogen-bond donors (Lipinski definition) is 2. The summed E-state index contributed by atoms with van der Waals surface area (Å²) in [5.41, 5.74) is 2.06. The van der Waals surface area contributed by atoms with Crippen LogP contribution in [0.15, 0.2) is 52.9 Å². The van der Waals surface area contributed by atoms with Gasteiger partial charge in [-0.05, 0) is 36.8 Å². The van der Waals surface area contributed by atoms with Crippen LogP contribution in [0.2, 0.25) is 0 Å². The first-order chi connectivity index (χ1) is 15.7. The first kappa shape index (κ1) is 23.1. The van der Waals surface area contributed by atoms with Gasteiger partial charge in [0.15, 0.2) is 4.34 Å². The maximum atomic E-state index is 13.8. The van der Waals surface area contributed by atoms with E-state index in [1.165, 1.54) is 29.5 Å². The van der Waals surface area contributed by atoms with Gasteiger partial charge < -0.3 is 10.6 Å². The lowest BCUT2D eigenvalue weighted by Gasteiger charge is -2.31. The summed E-state index contributed by atoms with van der Waals surface area (Å²) < 4.78 is 41.8. The Kier molecular flexibility index (Phi) is 6.56. The third-order valence-corrected chi connectivity index (χ3v) is 6.73. The minimum Gasteiger partial charge on any atom is -0.330 e. The highest BCUT2D eigenvalue weighted by Gasteiger charge is 2.48. The van der Waals surface area contributed by atoms with E-state index in [1.54, 1.807) is 6.07 Å². The number of fused-ring (bicyclic) bond motifs is 1. The van der Waals surface area contributed by atoms with Crippen molar-refractivity contribution in [1.82, 2.24) is 10.2 Å². The molecule has 2 heterocycles. The number of halogens is 3. The maximum absolute atomic E-state index is 13.8.